The van der Waals surface area contributed by atoms with Crippen molar-refractivity contribution in [1.82, 2.24) is 0 Å². The number of halogens is 1. The van der Waals surface area contributed by atoms with E-state index in [-0.39, 0.29) is 17.6 Å². The highest BCUT2D eigenvalue weighted by Crippen LogP contribution is 2.25. The Bertz CT molecular complexity index is 551. The number of hydrogen-bond donors (Lipinski definition) is 1. The normalized spacial score (nSPS) is 12.0. The Kier molecular flexibility index (Phi) is 4.05. The first-order valence-electron chi connectivity index (χ1n) is 6.27. The van der Waals surface area contributed by atoms with Crippen LogP contribution in [0.3, 0.4) is 0 Å². The zero-order valence-electron chi connectivity index (χ0n) is 11.4. The molecule has 0 radical (unpaired) electrons. The van der Waals surface area contributed by atoms with Crippen molar-refractivity contribution in [1.29, 1.82) is 0 Å². The predicted octanol–water partition coefficient (Wildman–Crippen LogP) is 4.32. The van der Waals surface area contributed by atoms with Crippen LogP contribution < -0.4 is 10.1 Å². The van der Waals surface area contributed by atoms with Crippen LogP contribution in [0.2, 0.25) is 0 Å². The summed E-state index contributed by atoms with van der Waals surface area (Å²) < 4.78 is 18.3. The Morgan fingerprint density at radius 2 is 1.79 bits per heavy atom. The molecule has 0 aliphatic rings. The summed E-state index contributed by atoms with van der Waals surface area (Å²) in [5, 5.41) is 3.33. The zero-order valence-corrected chi connectivity index (χ0v) is 11.4. The molecule has 1 N–H and O–H groups in total. The first kappa shape index (κ1) is 13.4. The van der Waals surface area contributed by atoms with Crippen molar-refractivity contribution in [2.24, 2.45) is 0 Å². The van der Waals surface area contributed by atoms with Crippen LogP contribution in [0.25, 0.3) is 0 Å². The van der Waals surface area contributed by atoms with E-state index in [1.165, 1.54) is 24.3 Å². The molecule has 0 spiro atoms. The minimum Gasteiger partial charge on any atom is -0.494 e. The van der Waals surface area contributed by atoms with Crippen molar-refractivity contribution in [3.05, 3.63) is 59.4 Å². The van der Waals surface area contributed by atoms with Gasteiger partial charge >= 0.3 is 0 Å². The minimum atomic E-state index is -0.351. The van der Waals surface area contributed by atoms with E-state index in [2.05, 4.69) is 43.4 Å². The van der Waals surface area contributed by atoms with E-state index in [1.807, 2.05) is 0 Å². The highest BCUT2D eigenvalue weighted by atomic mass is 19.1. The lowest BCUT2D eigenvalue weighted by atomic mass is 10.1. The van der Waals surface area contributed by atoms with Crippen LogP contribution in [0.4, 0.5) is 10.1 Å². The van der Waals surface area contributed by atoms with Gasteiger partial charge in [-0.05, 0) is 31.5 Å². The number of aryl methyl sites for hydroxylation is 1. The van der Waals surface area contributed by atoms with Gasteiger partial charge in [0.25, 0.3) is 0 Å². The van der Waals surface area contributed by atoms with Crippen molar-refractivity contribution in [3.63, 3.8) is 0 Å². The average molecular weight is 259 g/mol. The van der Waals surface area contributed by atoms with Gasteiger partial charge in [0.1, 0.15) is 0 Å². The second kappa shape index (κ2) is 5.74. The van der Waals surface area contributed by atoms with Gasteiger partial charge in [0.2, 0.25) is 0 Å². The van der Waals surface area contributed by atoms with Crippen LogP contribution in [-0.4, -0.2) is 7.11 Å². The van der Waals surface area contributed by atoms with Gasteiger partial charge in [-0.3, -0.25) is 0 Å². The molecule has 0 amide bonds. The molecule has 100 valence electrons. The monoisotopic (exact) mass is 259 g/mol. The maximum Gasteiger partial charge on any atom is 0.165 e. The molecule has 0 saturated heterocycles. The molecule has 1 atom stereocenters. The van der Waals surface area contributed by atoms with E-state index < -0.39 is 0 Å². The quantitative estimate of drug-likeness (QED) is 0.883. The maximum absolute atomic E-state index is 13.3. The molecule has 0 fully saturated rings. The van der Waals surface area contributed by atoms with Crippen molar-refractivity contribution in [2.45, 2.75) is 19.9 Å². The molecule has 2 aromatic carbocycles. The summed E-state index contributed by atoms with van der Waals surface area (Å²) in [6, 6.07) is 13.3. The summed E-state index contributed by atoms with van der Waals surface area (Å²) in [7, 11) is 1.46. The van der Waals surface area contributed by atoms with E-state index in [1.54, 1.807) is 12.1 Å². The van der Waals surface area contributed by atoms with Crippen LogP contribution in [0.15, 0.2) is 42.5 Å². The lowest BCUT2D eigenvalue weighted by molar-refractivity contribution is 0.387. The third-order valence-corrected chi connectivity index (χ3v) is 3.11. The summed E-state index contributed by atoms with van der Waals surface area (Å²) in [4.78, 5) is 0. The van der Waals surface area contributed by atoms with Crippen LogP contribution in [-0.2, 0) is 0 Å². The topological polar surface area (TPSA) is 21.3 Å². The number of ether oxygens (including phenoxy) is 1. The fourth-order valence-electron chi connectivity index (χ4n) is 1.94. The highest BCUT2D eigenvalue weighted by molar-refractivity contribution is 5.50. The third-order valence-electron chi connectivity index (χ3n) is 3.11. The highest BCUT2D eigenvalue weighted by Gasteiger charge is 2.07. The standard InChI is InChI=1S/C16H18FNO/c1-11-4-6-13(7-5-11)12(2)18-14-8-9-15(17)16(10-14)19-3/h4-10,12,18H,1-3H3. The second-order valence-electron chi connectivity index (χ2n) is 4.63. The van der Waals surface area contributed by atoms with E-state index in [9.17, 15) is 4.39 Å². The van der Waals surface area contributed by atoms with Crippen LogP contribution in [0.5, 0.6) is 5.75 Å². The Balaban J connectivity index is 2.14. The Labute approximate surface area is 113 Å². The van der Waals surface area contributed by atoms with Gasteiger partial charge in [-0.25, -0.2) is 4.39 Å². The Morgan fingerprint density at radius 3 is 2.42 bits per heavy atom. The van der Waals surface area contributed by atoms with Gasteiger partial charge in [0.15, 0.2) is 11.6 Å². The SMILES string of the molecule is COc1cc(NC(C)c2ccc(C)cc2)ccc1F. The molecule has 1 unspecified atom stereocenters. The molecule has 19 heavy (non-hydrogen) atoms. The predicted molar refractivity (Wildman–Crippen MR) is 76.2 cm³/mol. The molecular formula is C16H18FNO. The first-order valence-corrected chi connectivity index (χ1v) is 6.27. The lowest BCUT2D eigenvalue weighted by Crippen LogP contribution is -2.06. The molecular weight excluding hydrogens is 241 g/mol. The van der Waals surface area contributed by atoms with Crippen LogP contribution in [0.1, 0.15) is 24.1 Å². The molecule has 0 aromatic heterocycles. The molecule has 3 heteroatoms. The fourth-order valence-corrected chi connectivity index (χ4v) is 1.94. The summed E-state index contributed by atoms with van der Waals surface area (Å²) >= 11 is 0. The molecule has 0 aliphatic carbocycles. The molecule has 0 aliphatic heterocycles. The molecule has 2 rings (SSSR count). The van der Waals surface area contributed by atoms with Crippen molar-refractivity contribution < 1.29 is 9.13 Å². The van der Waals surface area contributed by atoms with E-state index in [0.717, 1.165) is 5.69 Å². The summed E-state index contributed by atoms with van der Waals surface area (Å²) in [6.07, 6.45) is 0. The average Bonchev–Trinajstić information content (AvgIpc) is 2.41. The van der Waals surface area contributed by atoms with Crippen molar-refractivity contribution in [2.75, 3.05) is 12.4 Å². The van der Waals surface area contributed by atoms with E-state index in [0.29, 0.717) is 0 Å². The van der Waals surface area contributed by atoms with Crippen molar-refractivity contribution >= 4 is 5.69 Å². The van der Waals surface area contributed by atoms with Gasteiger partial charge in [0, 0.05) is 17.8 Å². The molecule has 2 aromatic rings. The first-order chi connectivity index (χ1) is 9.10. The lowest BCUT2D eigenvalue weighted by Gasteiger charge is -2.16. The number of hydrogen-bond acceptors (Lipinski definition) is 2. The second-order valence-corrected chi connectivity index (χ2v) is 4.63. The van der Waals surface area contributed by atoms with Gasteiger partial charge in [-0.15, -0.1) is 0 Å². The molecule has 0 heterocycles. The Hall–Kier alpha value is -2.03. The number of methoxy groups -OCH3 is 1. The Morgan fingerprint density at radius 1 is 1.11 bits per heavy atom. The van der Waals surface area contributed by atoms with E-state index >= 15 is 0 Å². The van der Waals surface area contributed by atoms with E-state index in [4.69, 9.17) is 4.74 Å². The molecule has 0 saturated carbocycles. The van der Waals surface area contributed by atoms with Crippen LogP contribution in [0, 0.1) is 12.7 Å². The summed E-state index contributed by atoms with van der Waals surface area (Å²) in [6.45, 7) is 4.13. The molecule has 0 bridgehead atoms. The molecule has 2 nitrogen and oxygen atoms in total. The van der Waals surface area contributed by atoms with Gasteiger partial charge in [-0.2, -0.15) is 0 Å². The fraction of sp³-hybridized carbons (Fsp3) is 0.250. The van der Waals surface area contributed by atoms with Crippen LogP contribution >= 0.6 is 0 Å². The van der Waals surface area contributed by atoms with Gasteiger partial charge in [0.05, 0.1) is 7.11 Å². The number of rotatable bonds is 4. The van der Waals surface area contributed by atoms with Gasteiger partial charge < -0.3 is 10.1 Å². The zero-order chi connectivity index (χ0) is 13.8. The third kappa shape index (κ3) is 3.25. The number of nitrogens with one attached hydrogen (secondary N) is 1. The smallest absolute Gasteiger partial charge is 0.165 e. The largest absolute Gasteiger partial charge is 0.494 e. The summed E-state index contributed by atoms with van der Waals surface area (Å²) in [5.41, 5.74) is 3.26. The van der Waals surface area contributed by atoms with Gasteiger partial charge in [-0.1, -0.05) is 29.8 Å². The number of benzene rings is 2. The maximum atomic E-state index is 13.3. The van der Waals surface area contributed by atoms with Crippen molar-refractivity contribution in [3.8, 4) is 5.75 Å². The minimum absolute atomic E-state index is 0.149. The number of anilines is 1. The summed E-state index contributed by atoms with van der Waals surface area (Å²) in [5.74, 6) is -0.0999.